The highest BCUT2D eigenvalue weighted by atomic mass is 16.3. The van der Waals surface area contributed by atoms with Crippen molar-refractivity contribution in [2.45, 2.75) is 6.54 Å². The topological polar surface area (TPSA) is 43.0 Å². The fourth-order valence-corrected chi connectivity index (χ4v) is 1.90. The second-order valence-electron chi connectivity index (χ2n) is 3.96. The maximum absolute atomic E-state index is 5.28. The Hall–Kier alpha value is -2.23. The zero-order chi connectivity index (χ0) is 11.7. The Kier molecular flexibility index (Phi) is 2.33. The molecule has 86 valence electrons. The molecule has 0 unspecified atom stereocenters. The van der Waals surface area contributed by atoms with Gasteiger partial charge in [0.15, 0.2) is 0 Å². The minimum Gasteiger partial charge on any atom is -0.467 e. The van der Waals surface area contributed by atoms with E-state index in [0.29, 0.717) is 6.54 Å². The van der Waals surface area contributed by atoms with Crippen molar-refractivity contribution >= 4 is 16.7 Å². The first kappa shape index (κ1) is 9.96. The van der Waals surface area contributed by atoms with Gasteiger partial charge in [-0.1, -0.05) is 6.07 Å². The molecule has 3 rings (SSSR count). The number of fused-ring (bicyclic) bond motifs is 1. The van der Waals surface area contributed by atoms with Crippen molar-refractivity contribution in [3.63, 3.8) is 0 Å². The highest BCUT2D eigenvalue weighted by molar-refractivity contribution is 5.88. The number of hydrogen-bond donors (Lipinski definition) is 1. The Morgan fingerprint density at radius 3 is 3.06 bits per heavy atom. The van der Waals surface area contributed by atoms with Gasteiger partial charge in [0.05, 0.1) is 30.3 Å². The Bertz CT molecular complexity index is 625. The Morgan fingerprint density at radius 1 is 1.29 bits per heavy atom. The first-order chi connectivity index (χ1) is 8.34. The normalized spacial score (nSPS) is 10.9. The molecule has 4 heteroatoms. The SMILES string of the molecule is Cn1cnc2c(NCc3ccco3)cccc21. The van der Waals surface area contributed by atoms with Gasteiger partial charge in [-0.2, -0.15) is 0 Å². The third-order valence-electron chi connectivity index (χ3n) is 2.79. The summed E-state index contributed by atoms with van der Waals surface area (Å²) in [7, 11) is 1.99. The minimum absolute atomic E-state index is 0.669. The minimum atomic E-state index is 0.669. The van der Waals surface area contributed by atoms with Crippen LogP contribution in [0.25, 0.3) is 11.0 Å². The number of nitrogens with one attached hydrogen (secondary N) is 1. The van der Waals surface area contributed by atoms with E-state index in [1.807, 2.05) is 42.2 Å². The van der Waals surface area contributed by atoms with E-state index in [9.17, 15) is 0 Å². The van der Waals surface area contributed by atoms with Crippen molar-refractivity contribution in [3.05, 3.63) is 48.7 Å². The van der Waals surface area contributed by atoms with Crippen LogP contribution in [-0.4, -0.2) is 9.55 Å². The van der Waals surface area contributed by atoms with Crippen molar-refractivity contribution < 1.29 is 4.42 Å². The fourth-order valence-electron chi connectivity index (χ4n) is 1.90. The number of aryl methyl sites for hydroxylation is 1. The molecular weight excluding hydrogens is 214 g/mol. The van der Waals surface area contributed by atoms with Gasteiger partial charge in [0.25, 0.3) is 0 Å². The van der Waals surface area contributed by atoms with Crippen molar-refractivity contribution in [1.29, 1.82) is 0 Å². The molecule has 0 fully saturated rings. The molecular formula is C13H13N3O. The zero-order valence-electron chi connectivity index (χ0n) is 9.55. The molecule has 0 aliphatic rings. The number of para-hydroxylation sites is 1. The van der Waals surface area contributed by atoms with Gasteiger partial charge >= 0.3 is 0 Å². The number of nitrogens with zero attached hydrogens (tertiary/aromatic N) is 2. The molecule has 0 bridgehead atoms. The molecule has 0 saturated carbocycles. The van der Waals surface area contributed by atoms with E-state index in [4.69, 9.17) is 4.42 Å². The summed E-state index contributed by atoms with van der Waals surface area (Å²) in [4.78, 5) is 4.39. The molecule has 17 heavy (non-hydrogen) atoms. The van der Waals surface area contributed by atoms with Crippen LogP contribution in [-0.2, 0) is 13.6 Å². The van der Waals surface area contributed by atoms with Crippen LogP contribution in [0.3, 0.4) is 0 Å². The zero-order valence-corrected chi connectivity index (χ0v) is 9.55. The van der Waals surface area contributed by atoms with E-state index in [0.717, 1.165) is 22.5 Å². The summed E-state index contributed by atoms with van der Waals surface area (Å²) in [5, 5.41) is 3.33. The molecule has 0 atom stereocenters. The summed E-state index contributed by atoms with van der Waals surface area (Å²) >= 11 is 0. The monoisotopic (exact) mass is 227 g/mol. The molecule has 0 radical (unpaired) electrons. The predicted molar refractivity (Wildman–Crippen MR) is 66.7 cm³/mol. The van der Waals surface area contributed by atoms with Crippen LogP contribution in [0.2, 0.25) is 0 Å². The molecule has 2 heterocycles. The van der Waals surface area contributed by atoms with E-state index >= 15 is 0 Å². The van der Waals surface area contributed by atoms with Gasteiger partial charge in [-0.25, -0.2) is 4.98 Å². The number of anilines is 1. The molecule has 0 amide bonds. The summed E-state index contributed by atoms with van der Waals surface area (Å²) < 4.78 is 7.29. The highest BCUT2D eigenvalue weighted by Gasteiger charge is 2.05. The molecule has 3 aromatic rings. The van der Waals surface area contributed by atoms with E-state index in [2.05, 4.69) is 16.4 Å². The van der Waals surface area contributed by atoms with Gasteiger partial charge in [0.1, 0.15) is 11.3 Å². The molecule has 0 spiro atoms. The van der Waals surface area contributed by atoms with E-state index in [-0.39, 0.29) is 0 Å². The smallest absolute Gasteiger partial charge is 0.122 e. The van der Waals surface area contributed by atoms with Crippen LogP contribution in [0.1, 0.15) is 5.76 Å². The lowest BCUT2D eigenvalue weighted by Crippen LogP contribution is -1.98. The molecule has 4 nitrogen and oxygen atoms in total. The van der Waals surface area contributed by atoms with Gasteiger partial charge in [-0.15, -0.1) is 0 Å². The Morgan fingerprint density at radius 2 is 2.24 bits per heavy atom. The van der Waals surface area contributed by atoms with Crippen LogP contribution >= 0.6 is 0 Å². The molecule has 0 aliphatic heterocycles. The van der Waals surface area contributed by atoms with Crippen LogP contribution < -0.4 is 5.32 Å². The van der Waals surface area contributed by atoms with E-state index in [1.54, 1.807) is 6.26 Å². The maximum Gasteiger partial charge on any atom is 0.122 e. The van der Waals surface area contributed by atoms with E-state index in [1.165, 1.54) is 0 Å². The number of aromatic nitrogens is 2. The summed E-state index contributed by atoms with van der Waals surface area (Å²) in [5.41, 5.74) is 3.13. The molecule has 2 aromatic heterocycles. The van der Waals surface area contributed by atoms with Crippen LogP contribution in [0, 0.1) is 0 Å². The fraction of sp³-hybridized carbons (Fsp3) is 0.154. The first-order valence-corrected chi connectivity index (χ1v) is 5.51. The van der Waals surface area contributed by atoms with Crippen molar-refractivity contribution in [2.24, 2.45) is 7.05 Å². The highest BCUT2D eigenvalue weighted by Crippen LogP contribution is 2.21. The summed E-state index contributed by atoms with van der Waals surface area (Å²) in [6.07, 6.45) is 3.50. The molecule has 1 N–H and O–H groups in total. The van der Waals surface area contributed by atoms with Gasteiger partial charge in [-0.3, -0.25) is 0 Å². The summed E-state index contributed by atoms with van der Waals surface area (Å²) in [6.45, 7) is 0.669. The van der Waals surface area contributed by atoms with Crippen LogP contribution in [0.4, 0.5) is 5.69 Å². The van der Waals surface area contributed by atoms with Crippen LogP contribution in [0.5, 0.6) is 0 Å². The number of rotatable bonds is 3. The molecule has 0 aliphatic carbocycles. The van der Waals surface area contributed by atoms with Crippen molar-refractivity contribution in [1.82, 2.24) is 9.55 Å². The number of imidazole rings is 1. The summed E-state index contributed by atoms with van der Waals surface area (Å²) in [5.74, 6) is 0.915. The Balaban J connectivity index is 1.90. The molecule has 0 saturated heterocycles. The largest absolute Gasteiger partial charge is 0.467 e. The average molecular weight is 227 g/mol. The second-order valence-corrected chi connectivity index (χ2v) is 3.96. The van der Waals surface area contributed by atoms with Gasteiger partial charge in [-0.05, 0) is 24.3 Å². The van der Waals surface area contributed by atoms with E-state index < -0.39 is 0 Å². The van der Waals surface area contributed by atoms with Crippen molar-refractivity contribution in [3.8, 4) is 0 Å². The lowest BCUT2D eigenvalue weighted by molar-refractivity contribution is 0.518. The molecule has 1 aromatic carbocycles. The predicted octanol–water partition coefficient (Wildman–Crippen LogP) is 2.78. The van der Waals surface area contributed by atoms with Crippen LogP contribution in [0.15, 0.2) is 47.3 Å². The number of hydrogen-bond acceptors (Lipinski definition) is 3. The van der Waals surface area contributed by atoms with Crippen molar-refractivity contribution in [2.75, 3.05) is 5.32 Å². The first-order valence-electron chi connectivity index (χ1n) is 5.51. The number of furan rings is 1. The van der Waals surface area contributed by atoms with Gasteiger partial charge < -0.3 is 14.3 Å². The second kappa shape index (κ2) is 3.97. The van der Waals surface area contributed by atoms with Gasteiger partial charge in [0.2, 0.25) is 0 Å². The third kappa shape index (κ3) is 1.78. The third-order valence-corrected chi connectivity index (χ3v) is 2.79. The average Bonchev–Trinajstić information content (AvgIpc) is 2.97. The quantitative estimate of drug-likeness (QED) is 0.748. The number of benzene rings is 1. The standard InChI is InChI=1S/C13H13N3O/c1-16-9-15-13-11(5-2-6-12(13)16)14-8-10-4-3-7-17-10/h2-7,9,14H,8H2,1H3. The lowest BCUT2D eigenvalue weighted by Gasteiger charge is -2.05. The lowest BCUT2D eigenvalue weighted by atomic mass is 10.2. The van der Waals surface area contributed by atoms with Gasteiger partial charge in [0, 0.05) is 7.05 Å². The Labute approximate surface area is 98.9 Å². The maximum atomic E-state index is 5.28. The summed E-state index contributed by atoms with van der Waals surface area (Å²) in [6, 6.07) is 9.94.